The van der Waals surface area contributed by atoms with Crippen molar-refractivity contribution in [3.8, 4) is 0 Å². The lowest BCUT2D eigenvalue weighted by atomic mass is 9.86. The summed E-state index contributed by atoms with van der Waals surface area (Å²) in [6.07, 6.45) is 18.8. The number of fused-ring (bicyclic) bond motifs is 2. The molecule has 6 fully saturated rings. The van der Waals surface area contributed by atoms with Crippen LogP contribution in [-0.4, -0.2) is 131 Å². The largest absolute Gasteiger partial charge is 0.500 e. The lowest BCUT2D eigenvalue weighted by Crippen LogP contribution is -2.43. The van der Waals surface area contributed by atoms with Gasteiger partial charge in [0.15, 0.2) is 0 Å². The van der Waals surface area contributed by atoms with E-state index >= 15 is 0 Å². The lowest BCUT2D eigenvalue weighted by Gasteiger charge is -2.27. The minimum Gasteiger partial charge on any atom is -0.412 e. The Kier molecular flexibility index (Phi) is 36.0. The Morgan fingerprint density at radius 1 is 0.566 bits per heavy atom. The van der Waals surface area contributed by atoms with Crippen LogP contribution in [0.25, 0.3) is 0 Å². The zero-order valence-corrected chi connectivity index (χ0v) is 34.9. The Morgan fingerprint density at radius 3 is 1.36 bits per heavy atom. The molecule has 0 aromatic heterocycles. The molecule has 4 heterocycles. The third kappa shape index (κ3) is 27.3. The first-order valence-electron chi connectivity index (χ1n) is 19.0. The summed E-state index contributed by atoms with van der Waals surface area (Å²) in [5.41, 5.74) is 0. The molecule has 12 nitrogen and oxygen atoms in total. The third-order valence-electron chi connectivity index (χ3n) is 9.98. The van der Waals surface area contributed by atoms with Gasteiger partial charge in [-0.3, -0.25) is 0 Å². The van der Waals surface area contributed by atoms with Crippen molar-refractivity contribution in [2.75, 3.05) is 61.0 Å². The zero-order valence-electron chi connectivity index (χ0n) is 32.9. The standard InChI is InChI=1S/C11H22O4Si.C9H20O2Si.C9H16O.C7H14O2.3CH4.3H2O/c1-12-16(13-2,14-3)7-6-9-4-5-10-11(8-9)15-10;1-12(2,3)6-4-5-10-7-9-8-11-9;1-2-3-7-4-5-8-9(6-7)10-8;1-2-3-4-8-5-7-6-9-7;;;;;;/h9-11H,4-8H2,1-3H3;9H,4-8H2,1-3H3;7-9H,2-6H2,1H3;7H,2-6H2,1H3;3*1H4;3*1H2. The van der Waals surface area contributed by atoms with E-state index in [1.165, 1.54) is 76.7 Å². The number of epoxide rings is 4. The molecule has 4 aliphatic heterocycles. The molecule has 8 atom stereocenters. The number of unbranched alkanes of at least 4 members (excludes halogenated alkanes) is 1. The molecule has 0 bridgehead atoms. The second kappa shape index (κ2) is 32.0. The van der Waals surface area contributed by atoms with Crippen molar-refractivity contribution >= 4 is 16.9 Å². The third-order valence-corrected chi connectivity index (χ3v) is 14.6. The van der Waals surface area contributed by atoms with E-state index < -0.39 is 16.9 Å². The summed E-state index contributed by atoms with van der Waals surface area (Å²) in [5.74, 6) is 1.75. The number of rotatable bonds is 19. The molecule has 2 aliphatic carbocycles. The van der Waals surface area contributed by atoms with Crippen LogP contribution in [0.4, 0.5) is 0 Å². The Bertz CT molecular complexity index is 804. The van der Waals surface area contributed by atoms with Gasteiger partial charge in [-0.2, -0.15) is 0 Å². The molecule has 8 unspecified atom stereocenters. The molecule has 326 valence electrons. The predicted molar refractivity (Wildman–Crippen MR) is 223 cm³/mol. The smallest absolute Gasteiger partial charge is 0.412 e. The van der Waals surface area contributed by atoms with E-state index in [0.29, 0.717) is 36.6 Å². The molecule has 4 saturated heterocycles. The summed E-state index contributed by atoms with van der Waals surface area (Å²) in [6, 6.07) is 2.29. The van der Waals surface area contributed by atoms with Crippen molar-refractivity contribution in [3.05, 3.63) is 0 Å². The van der Waals surface area contributed by atoms with Crippen LogP contribution in [0.5, 0.6) is 0 Å². The highest BCUT2D eigenvalue weighted by Crippen LogP contribution is 2.42. The van der Waals surface area contributed by atoms with E-state index in [-0.39, 0.29) is 38.7 Å². The van der Waals surface area contributed by atoms with E-state index in [2.05, 4.69) is 33.5 Å². The summed E-state index contributed by atoms with van der Waals surface area (Å²) in [5, 5.41) is 0. The average Bonchev–Trinajstić information content (AvgIpc) is 3.85. The monoisotopic (exact) mass is 807 g/mol. The highest BCUT2D eigenvalue weighted by molar-refractivity contribution is 6.76. The predicted octanol–water partition coefficient (Wildman–Crippen LogP) is 6.94. The van der Waals surface area contributed by atoms with Gasteiger partial charge in [0.25, 0.3) is 0 Å². The summed E-state index contributed by atoms with van der Waals surface area (Å²) in [7, 11) is 1.86. The first-order chi connectivity index (χ1) is 22.6. The van der Waals surface area contributed by atoms with Gasteiger partial charge in [-0.05, 0) is 69.6 Å². The van der Waals surface area contributed by atoms with Crippen LogP contribution in [0.2, 0.25) is 31.7 Å². The second-order valence-corrected chi connectivity index (χ2v) is 24.2. The molecule has 0 radical (unpaired) electrons. The maximum Gasteiger partial charge on any atom is 0.500 e. The number of ether oxygens (including phenoxy) is 6. The van der Waals surface area contributed by atoms with Crippen LogP contribution in [0.3, 0.4) is 0 Å². The fourth-order valence-electron chi connectivity index (χ4n) is 6.55. The van der Waals surface area contributed by atoms with Crippen LogP contribution < -0.4 is 0 Å². The van der Waals surface area contributed by atoms with Crippen LogP contribution in [0, 0.1) is 11.8 Å². The topological polar surface area (TPSA) is 191 Å². The lowest BCUT2D eigenvalue weighted by molar-refractivity contribution is 0.114. The van der Waals surface area contributed by atoms with Gasteiger partial charge in [0.05, 0.1) is 50.8 Å². The summed E-state index contributed by atoms with van der Waals surface area (Å²) in [6.45, 7) is 16.9. The van der Waals surface area contributed by atoms with E-state index in [1.54, 1.807) is 21.3 Å². The molecule has 6 rings (SSSR count). The fourth-order valence-corrected chi connectivity index (χ4v) is 9.63. The second-order valence-electron chi connectivity index (χ2n) is 15.5. The van der Waals surface area contributed by atoms with Gasteiger partial charge in [-0.25, -0.2) is 0 Å². The minimum absolute atomic E-state index is 0. The van der Waals surface area contributed by atoms with Crippen molar-refractivity contribution < 1.29 is 58.1 Å². The van der Waals surface area contributed by atoms with Crippen LogP contribution >= 0.6 is 0 Å². The minimum atomic E-state index is -2.35. The Morgan fingerprint density at radius 2 is 1.00 bits per heavy atom. The molecule has 0 aromatic carbocycles. The summed E-state index contributed by atoms with van der Waals surface area (Å²) < 4.78 is 48.0. The molecule has 6 aliphatic rings. The van der Waals surface area contributed by atoms with Gasteiger partial charge < -0.3 is 58.1 Å². The van der Waals surface area contributed by atoms with Gasteiger partial charge in [0.2, 0.25) is 0 Å². The van der Waals surface area contributed by atoms with E-state index in [9.17, 15) is 0 Å². The first kappa shape index (κ1) is 59.6. The van der Waals surface area contributed by atoms with Crippen molar-refractivity contribution in [2.45, 2.75) is 182 Å². The number of hydrogen-bond donors (Lipinski definition) is 0. The molecule has 0 amide bonds. The SMILES string of the molecule is C.C.C.CCCC1CCC2OC2C1.CCCCOCC1CO1.CO[Si](CCC1CCC2OC2C1)(OC)OC.C[Si](C)(C)CCCOCC1CO1.O.O.O. The van der Waals surface area contributed by atoms with Crippen molar-refractivity contribution in [1.82, 2.24) is 0 Å². The Hall–Kier alpha value is -0.0462. The highest BCUT2D eigenvalue weighted by atomic mass is 28.4. The van der Waals surface area contributed by atoms with Crippen molar-refractivity contribution in [2.24, 2.45) is 11.8 Å². The summed E-state index contributed by atoms with van der Waals surface area (Å²) >= 11 is 0. The van der Waals surface area contributed by atoms with Gasteiger partial charge in [0.1, 0.15) is 12.2 Å². The Balaban J connectivity index is -0.000000297. The molecular weight excluding hydrogens is 717 g/mol. The maximum absolute atomic E-state index is 5.54. The molecule has 2 saturated carbocycles. The van der Waals surface area contributed by atoms with Gasteiger partial charge in [0, 0.05) is 48.7 Å². The molecule has 53 heavy (non-hydrogen) atoms. The van der Waals surface area contributed by atoms with E-state index in [0.717, 1.165) is 63.9 Å². The van der Waals surface area contributed by atoms with Crippen molar-refractivity contribution in [1.29, 1.82) is 0 Å². The average molecular weight is 807 g/mol. The molecule has 0 spiro atoms. The summed E-state index contributed by atoms with van der Waals surface area (Å²) in [4.78, 5) is 0. The van der Waals surface area contributed by atoms with Gasteiger partial charge in [-0.1, -0.05) is 81.1 Å². The Labute approximate surface area is 328 Å². The molecule has 14 heteroatoms. The van der Waals surface area contributed by atoms with Crippen molar-refractivity contribution in [3.63, 3.8) is 0 Å². The van der Waals surface area contributed by atoms with Gasteiger partial charge in [-0.15, -0.1) is 0 Å². The zero-order chi connectivity index (χ0) is 34.1. The molecule has 0 aromatic rings. The molecule has 6 N–H and O–H groups in total. The van der Waals surface area contributed by atoms with E-state index in [1.807, 2.05) is 0 Å². The van der Waals surface area contributed by atoms with Crippen LogP contribution in [-0.2, 0) is 41.7 Å². The maximum atomic E-state index is 5.54. The van der Waals surface area contributed by atoms with E-state index in [4.69, 9.17) is 41.7 Å². The van der Waals surface area contributed by atoms with Gasteiger partial charge >= 0.3 is 8.80 Å². The highest BCUT2D eigenvalue weighted by Gasteiger charge is 2.45. The number of hydrogen-bond acceptors (Lipinski definition) is 9. The van der Waals surface area contributed by atoms with Crippen LogP contribution in [0.1, 0.15) is 113 Å². The quantitative estimate of drug-likeness (QED) is 0.0756. The first-order valence-corrected chi connectivity index (χ1v) is 24.6. The van der Waals surface area contributed by atoms with Crippen LogP contribution in [0.15, 0.2) is 0 Å². The fraction of sp³-hybridized carbons (Fsp3) is 1.00. The normalized spacial score (nSPS) is 27.8. The molecular formula is C39H90O12Si2.